The van der Waals surface area contributed by atoms with E-state index in [4.69, 9.17) is 4.98 Å². The van der Waals surface area contributed by atoms with Crippen molar-refractivity contribution in [3.8, 4) is 22.5 Å². The highest BCUT2D eigenvalue weighted by Gasteiger charge is 2.36. The summed E-state index contributed by atoms with van der Waals surface area (Å²) in [6.07, 6.45) is 3.15. The van der Waals surface area contributed by atoms with Crippen LogP contribution >= 0.6 is 0 Å². The molecule has 172 valence electrons. The Kier molecular flexibility index (Phi) is 5.20. The minimum absolute atomic E-state index is 0.228. The molecule has 6 rings (SSSR count). The topological polar surface area (TPSA) is 38.1 Å². The summed E-state index contributed by atoms with van der Waals surface area (Å²) in [6.45, 7) is 4.65. The first-order valence-electron chi connectivity index (χ1n) is 12.2. The van der Waals surface area contributed by atoms with Crippen LogP contribution in [0.15, 0.2) is 66.7 Å². The summed E-state index contributed by atoms with van der Waals surface area (Å²) in [5.74, 6) is 1.79. The maximum atomic E-state index is 13.3. The first kappa shape index (κ1) is 21.1. The Hall–Kier alpha value is -3.47. The van der Waals surface area contributed by atoms with E-state index in [0.29, 0.717) is 11.8 Å². The number of imidazole rings is 1. The molecule has 3 aromatic carbocycles. The first-order chi connectivity index (χ1) is 16.5. The van der Waals surface area contributed by atoms with E-state index in [-0.39, 0.29) is 11.7 Å². The second-order valence-electron chi connectivity index (χ2n) is 9.84. The van der Waals surface area contributed by atoms with Crippen molar-refractivity contribution in [2.75, 3.05) is 13.1 Å². The molecule has 0 spiro atoms. The first-order valence-corrected chi connectivity index (χ1v) is 12.2. The summed E-state index contributed by atoms with van der Waals surface area (Å²) in [5, 5.41) is 0. The lowest BCUT2D eigenvalue weighted by molar-refractivity contribution is -0.131. The van der Waals surface area contributed by atoms with Gasteiger partial charge < -0.3 is 9.47 Å². The van der Waals surface area contributed by atoms with E-state index in [2.05, 4.69) is 58.9 Å². The summed E-state index contributed by atoms with van der Waals surface area (Å²) in [4.78, 5) is 19.6. The van der Waals surface area contributed by atoms with Gasteiger partial charge in [0.05, 0.1) is 11.0 Å². The molecule has 1 aliphatic heterocycles. The number of amides is 1. The van der Waals surface area contributed by atoms with Gasteiger partial charge in [-0.25, -0.2) is 9.37 Å². The Morgan fingerprint density at radius 3 is 2.32 bits per heavy atom. The van der Waals surface area contributed by atoms with Crippen LogP contribution in [0.25, 0.3) is 33.5 Å². The standard InChI is InChI=1S/C29H28FN3O/c1-19-2-13-27-26(16-19)31-28(23-5-3-21(4-6-23)22-9-11-25(30)12-10-22)33(27)18-20-14-15-32(17-20)29(34)24-7-8-24/h2-6,9-13,16,20,24H,7-8,14-15,17-18H2,1H3/t20-/m0/s1. The molecule has 5 heteroatoms. The minimum atomic E-state index is -0.228. The Morgan fingerprint density at radius 1 is 0.941 bits per heavy atom. The fourth-order valence-electron chi connectivity index (χ4n) is 5.13. The van der Waals surface area contributed by atoms with Crippen LogP contribution < -0.4 is 0 Å². The number of fused-ring (bicyclic) bond motifs is 1. The highest BCUT2D eigenvalue weighted by Crippen LogP contribution is 2.34. The van der Waals surface area contributed by atoms with Gasteiger partial charge >= 0.3 is 0 Å². The third-order valence-corrected chi connectivity index (χ3v) is 7.19. The highest BCUT2D eigenvalue weighted by atomic mass is 19.1. The number of aryl methyl sites for hydroxylation is 1. The molecular weight excluding hydrogens is 425 g/mol. The second kappa shape index (κ2) is 8.39. The van der Waals surface area contributed by atoms with E-state index >= 15 is 0 Å². The maximum absolute atomic E-state index is 13.3. The molecule has 0 radical (unpaired) electrons. The maximum Gasteiger partial charge on any atom is 0.225 e. The molecule has 34 heavy (non-hydrogen) atoms. The average molecular weight is 454 g/mol. The second-order valence-corrected chi connectivity index (χ2v) is 9.84. The van der Waals surface area contributed by atoms with Gasteiger partial charge in [-0.15, -0.1) is 0 Å². The number of hydrogen-bond donors (Lipinski definition) is 0. The monoisotopic (exact) mass is 453 g/mol. The van der Waals surface area contributed by atoms with Gasteiger partial charge in [-0.1, -0.05) is 42.5 Å². The smallest absolute Gasteiger partial charge is 0.225 e. The van der Waals surface area contributed by atoms with Gasteiger partial charge in [0.2, 0.25) is 5.91 Å². The molecule has 1 amide bonds. The lowest BCUT2D eigenvalue weighted by Gasteiger charge is -2.18. The Morgan fingerprint density at radius 2 is 1.62 bits per heavy atom. The van der Waals surface area contributed by atoms with Gasteiger partial charge in [-0.2, -0.15) is 0 Å². The molecular formula is C29H28FN3O. The van der Waals surface area contributed by atoms with Crippen LogP contribution in [0.3, 0.4) is 0 Å². The van der Waals surface area contributed by atoms with Gasteiger partial charge in [0, 0.05) is 31.1 Å². The van der Waals surface area contributed by atoms with Gasteiger partial charge in [-0.05, 0) is 73.1 Å². The van der Waals surface area contributed by atoms with Crippen LogP contribution in [0, 0.1) is 24.6 Å². The summed E-state index contributed by atoms with van der Waals surface area (Å²) in [5.41, 5.74) is 6.42. The molecule has 0 bridgehead atoms. The van der Waals surface area contributed by atoms with Crippen LogP contribution in [-0.2, 0) is 11.3 Å². The lowest BCUT2D eigenvalue weighted by atomic mass is 10.0. The number of halogens is 1. The molecule has 2 fully saturated rings. The van der Waals surface area contributed by atoms with E-state index < -0.39 is 0 Å². The third kappa shape index (κ3) is 4.00. The molecule has 2 aliphatic rings. The molecule has 1 saturated carbocycles. The van der Waals surface area contributed by atoms with E-state index in [0.717, 1.165) is 72.4 Å². The van der Waals surface area contributed by atoms with Crippen LogP contribution in [-0.4, -0.2) is 33.4 Å². The molecule has 4 aromatic rings. The van der Waals surface area contributed by atoms with Gasteiger partial charge in [0.25, 0.3) is 0 Å². The molecule has 1 aliphatic carbocycles. The van der Waals surface area contributed by atoms with Crippen molar-refractivity contribution in [2.24, 2.45) is 11.8 Å². The predicted molar refractivity (Wildman–Crippen MR) is 133 cm³/mol. The molecule has 0 N–H and O–H groups in total. The summed E-state index contributed by atoms with van der Waals surface area (Å²) < 4.78 is 15.6. The number of hydrogen-bond acceptors (Lipinski definition) is 2. The van der Waals surface area contributed by atoms with Crippen LogP contribution in [0.5, 0.6) is 0 Å². The number of benzene rings is 3. The number of carbonyl (C=O) groups is 1. The highest BCUT2D eigenvalue weighted by molar-refractivity contribution is 5.82. The SMILES string of the molecule is Cc1ccc2c(c1)nc(-c1ccc(-c3ccc(F)cc3)cc1)n2C[C@H]1CCN(C(=O)C2CC2)C1. The number of nitrogens with zero attached hydrogens (tertiary/aromatic N) is 3. The fourth-order valence-corrected chi connectivity index (χ4v) is 5.13. The van der Waals surface area contributed by atoms with Crippen molar-refractivity contribution in [2.45, 2.75) is 32.7 Å². The van der Waals surface area contributed by atoms with E-state index in [1.807, 2.05) is 0 Å². The van der Waals surface area contributed by atoms with Crippen molar-refractivity contribution in [1.29, 1.82) is 0 Å². The zero-order valence-electron chi connectivity index (χ0n) is 19.4. The van der Waals surface area contributed by atoms with Crippen LogP contribution in [0.4, 0.5) is 4.39 Å². The third-order valence-electron chi connectivity index (χ3n) is 7.19. The zero-order chi connectivity index (χ0) is 23.2. The Balaban J connectivity index is 1.31. The molecule has 1 atom stereocenters. The minimum Gasteiger partial charge on any atom is -0.342 e. The lowest BCUT2D eigenvalue weighted by Crippen LogP contribution is -2.30. The largest absolute Gasteiger partial charge is 0.342 e. The van der Waals surface area contributed by atoms with Crippen molar-refractivity contribution in [1.82, 2.24) is 14.5 Å². The quantitative estimate of drug-likeness (QED) is 0.367. The summed E-state index contributed by atoms with van der Waals surface area (Å²) in [7, 11) is 0. The van der Waals surface area contributed by atoms with Crippen molar-refractivity contribution >= 4 is 16.9 Å². The van der Waals surface area contributed by atoms with E-state index in [9.17, 15) is 9.18 Å². The van der Waals surface area contributed by atoms with Crippen LogP contribution in [0.1, 0.15) is 24.8 Å². The zero-order valence-corrected chi connectivity index (χ0v) is 19.4. The molecule has 1 aromatic heterocycles. The molecule has 1 saturated heterocycles. The Labute approximate surface area is 199 Å². The molecule has 0 unspecified atom stereocenters. The van der Waals surface area contributed by atoms with Crippen molar-refractivity contribution < 1.29 is 9.18 Å². The predicted octanol–water partition coefficient (Wildman–Crippen LogP) is 6.08. The van der Waals surface area contributed by atoms with Crippen molar-refractivity contribution in [3.63, 3.8) is 0 Å². The van der Waals surface area contributed by atoms with Crippen LogP contribution in [0.2, 0.25) is 0 Å². The summed E-state index contributed by atoms with van der Waals surface area (Å²) in [6, 6.07) is 21.4. The number of carbonyl (C=O) groups excluding carboxylic acids is 1. The molecule has 4 nitrogen and oxygen atoms in total. The number of aromatic nitrogens is 2. The van der Waals surface area contributed by atoms with Gasteiger partial charge in [0.1, 0.15) is 11.6 Å². The summed E-state index contributed by atoms with van der Waals surface area (Å²) >= 11 is 0. The van der Waals surface area contributed by atoms with Gasteiger partial charge in [-0.3, -0.25) is 4.79 Å². The normalized spacial score (nSPS) is 18.1. The van der Waals surface area contributed by atoms with Crippen molar-refractivity contribution in [3.05, 3.63) is 78.1 Å². The average Bonchev–Trinajstić information content (AvgIpc) is 3.50. The van der Waals surface area contributed by atoms with E-state index in [1.54, 1.807) is 12.1 Å². The van der Waals surface area contributed by atoms with Gasteiger partial charge in [0.15, 0.2) is 0 Å². The molecule has 2 heterocycles. The van der Waals surface area contributed by atoms with E-state index in [1.165, 1.54) is 17.7 Å². The Bertz CT molecular complexity index is 1350. The fraction of sp³-hybridized carbons (Fsp3) is 0.310. The number of rotatable bonds is 5. The number of likely N-dealkylation sites (tertiary alicyclic amines) is 1.